The number of rotatable bonds is 1. The van der Waals surface area contributed by atoms with Crippen molar-refractivity contribution in [2.75, 3.05) is 12.0 Å². The van der Waals surface area contributed by atoms with Crippen molar-refractivity contribution in [2.45, 2.75) is 26.7 Å². The van der Waals surface area contributed by atoms with Gasteiger partial charge in [0, 0.05) is 18.4 Å². The molecule has 3 heteroatoms. The monoisotopic (exact) mass is 218 g/mol. The predicted molar refractivity (Wildman–Crippen MR) is 65.0 cm³/mol. The van der Waals surface area contributed by atoms with Crippen LogP contribution in [-0.4, -0.2) is 17.5 Å². The van der Waals surface area contributed by atoms with E-state index in [1.54, 1.807) is 5.01 Å². The van der Waals surface area contributed by atoms with Gasteiger partial charge in [0.15, 0.2) is 0 Å². The Bertz CT molecular complexity index is 401. The molecule has 1 atom stereocenters. The highest BCUT2D eigenvalue weighted by Gasteiger charge is 2.26. The molecular formula is C13H18N2O. The standard InChI is InChI=1S/C13H18N2O/c1-9(2)13(16)15-8-10(3)11-6-4-5-7-12(11)14-15/h4-7,9-10,14H,8H2,1-3H3. The highest BCUT2D eigenvalue weighted by molar-refractivity contribution is 5.80. The zero-order valence-electron chi connectivity index (χ0n) is 10.0. The molecule has 1 unspecified atom stereocenters. The number of nitrogens with zero attached hydrogens (tertiary/aromatic N) is 1. The molecule has 0 bridgehead atoms. The Hall–Kier alpha value is -1.51. The maximum Gasteiger partial charge on any atom is 0.243 e. The van der Waals surface area contributed by atoms with E-state index in [4.69, 9.17) is 0 Å². The van der Waals surface area contributed by atoms with E-state index in [1.807, 2.05) is 32.0 Å². The van der Waals surface area contributed by atoms with Crippen LogP contribution in [0.2, 0.25) is 0 Å². The number of hydrogen-bond donors (Lipinski definition) is 1. The van der Waals surface area contributed by atoms with Crippen LogP contribution in [0.3, 0.4) is 0 Å². The van der Waals surface area contributed by atoms with Crippen LogP contribution in [0.25, 0.3) is 0 Å². The quantitative estimate of drug-likeness (QED) is 0.785. The molecule has 1 amide bonds. The SMILES string of the molecule is CC(C)C(=O)N1CC(C)c2ccccc2N1. The second-order valence-corrected chi connectivity index (χ2v) is 4.70. The Kier molecular flexibility index (Phi) is 2.86. The molecule has 0 radical (unpaired) electrons. The van der Waals surface area contributed by atoms with Gasteiger partial charge in [0.1, 0.15) is 0 Å². The van der Waals surface area contributed by atoms with Crippen LogP contribution in [0.4, 0.5) is 5.69 Å². The average molecular weight is 218 g/mol. The average Bonchev–Trinajstić information content (AvgIpc) is 2.28. The summed E-state index contributed by atoms with van der Waals surface area (Å²) in [5.74, 6) is 0.575. The molecule has 86 valence electrons. The van der Waals surface area contributed by atoms with E-state index in [0.29, 0.717) is 5.92 Å². The summed E-state index contributed by atoms with van der Waals surface area (Å²) in [7, 11) is 0. The lowest BCUT2D eigenvalue weighted by Gasteiger charge is -2.35. The molecule has 0 saturated carbocycles. The number of hydrazine groups is 1. The third kappa shape index (κ3) is 1.90. The highest BCUT2D eigenvalue weighted by atomic mass is 16.2. The van der Waals surface area contributed by atoms with E-state index in [0.717, 1.165) is 12.2 Å². The normalized spacial score (nSPS) is 19.2. The second-order valence-electron chi connectivity index (χ2n) is 4.70. The number of amides is 1. The van der Waals surface area contributed by atoms with Gasteiger partial charge in [0.05, 0.1) is 5.69 Å². The molecule has 0 aliphatic carbocycles. The summed E-state index contributed by atoms with van der Waals surface area (Å²) in [5, 5.41) is 1.73. The maximum absolute atomic E-state index is 11.9. The Morgan fingerprint density at radius 3 is 2.81 bits per heavy atom. The highest BCUT2D eigenvalue weighted by Crippen LogP contribution is 2.30. The number of benzene rings is 1. The molecule has 0 fully saturated rings. The third-order valence-corrected chi connectivity index (χ3v) is 2.96. The van der Waals surface area contributed by atoms with Crippen molar-refractivity contribution in [3.8, 4) is 0 Å². The molecule has 0 spiro atoms. The van der Waals surface area contributed by atoms with Gasteiger partial charge in [-0.3, -0.25) is 15.2 Å². The van der Waals surface area contributed by atoms with E-state index in [2.05, 4.69) is 18.4 Å². The number of para-hydroxylation sites is 1. The minimum atomic E-state index is 0.0324. The molecule has 1 heterocycles. The van der Waals surface area contributed by atoms with Crippen molar-refractivity contribution in [1.29, 1.82) is 0 Å². The van der Waals surface area contributed by atoms with Crippen molar-refractivity contribution in [2.24, 2.45) is 5.92 Å². The fourth-order valence-electron chi connectivity index (χ4n) is 2.05. The molecule has 3 nitrogen and oxygen atoms in total. The topological polar surface area (TPSA) is 32.3 Å². The first-order valence-electron chi connectivity index (χ1n) is 5.76. The molecule has 0 saturated heterocycles. The van der Waals surface area contributed by atoms with Gasteiger partial charge in [0.25, 0.3) is 0 Å². The number of fused-ring (bicyclic) bond motifs is 1. The van der Waals surface area contributed by atoms with Gasteiger partial charge in [-0.25, -0.2) is 0 Å². The minimum Gasteiger partial charge on any atom is -0.296 e. The molecule has 1 aromatic carbocycles. The fraction of sp³-hybridized carbons (Fsp3) is 0.462. The minimum absolute atomic E-state index is 0.0324. The Labute approximate surface area is 96.4 Å². The summed E-state index contributed by atoms with van der Waals surface area (Å²) < 4.78 is 0. The zero-order valence-corrected chi connectivity index (χ0v) is 10.0. The zero-order chi connectivity index (χ0) is 11.7. The van der Waals surface area contributed by atoms with Crippen molar-refractivity contribution in [3.05, 3.63) is 29.8 Å². The summed E-state index contributed by atoms with van der Waals surface area (Å²) in [5.41, 5.74) is 5.53. The number of hydrogen-bond acceptors (Lipinski definition) is 2. The molecule has 2 rings (SSSR count). The van der Waals surface area contributed by atoms with Crippen molar-refractivity contribution in [1.82, 2.24) is 5.01 Å². The lowest BCUT2D eigenvalue weighted by Crippen LogP contribution is -2.44. The van der Waals surface area contributed by atoms with E-state index < -0.39 is 0 Å². The summed E-state index contributed by atoms with van der Waals surface area (Å²) in [6.07, 6.45) is 0. The van der Waals surface area contributed by atoms with Crippen LogP contribution in [-0.2, 0) is 4.79 Å². The predicted octanol–water partition coefficient (Wildman–Crippen LogP) is 2.62. The van der Waals surface area contributed by atoms with Crippen molar-refractivity contribution < 1.29 is 4.79 Å². The van der Waals surface area contributed by atoms with Crippen LogP contribution in [0, 0.1) is 5.92 Å². The van der Waals surface area contributed by atoms with E-state index in [-0.39, 0.29) is 11.8 Å². The van der Waals surface area contributed by atoms with E-state index in [9.17, 15) is 4.79 Å². The van der Waals surface area contributed by atoms with Crippen LogP contribution in [0.1, 0.15) is 32.3 Å². The van der Waals surface area contributed by atoms with Crippen molar-refractivity contribution in [3.63, 3.8) is 0 Å². The Morgan fingerprint density at radius 1 is 1.44 bits per heavy atom. The first-order chi connectivity index (χ1) is 7.59. The Balaban J connectivity index is 2.24. The van der Waals surface area contributed by atoms with Gasteiger partial charge in [-0.15, -0.1) is 0 Å². The molecule has 16 heavy (non-hydrogen) atoms. The number of anilines is 1. The van der Waals surface area contributed by atoms with E-state index >= 15 is 0 Å². The number of carbonyl (C=O) groups is 1. The lowest BCUT2D eigenvalue weighted by molar-refractivity contribution is -0.133. The summed E-state index contributed by atoms with van der Waals surface area (Å²) in [6.45, 7) is 6.75. The molecule has 1 aliphatic rings. The summed E-state index contributed by atoms with van der Waals surface area (Å²) in [6, 6.07) is 8.16. The van der Waals surface area contributed by atoms with Crippen LogP contribution in [0.15, 0.2) is 24.3 Å². The van der Waals surface area contributed by atoms with Gasteiger partial charge in [-0.2, -0.15) is 0 Å². The van der Waals surface area contributed by atoms with Gasteiger partial charge in [0.2, 0.25) is 5.91 Å². The Morgan fingerprint density at radius 2 is 2.12 bits per heavy atom. The molecule has 1 aliphatic heterocycles. The number of carbonyl (C=O) groups excluding carboxylic acids is 1. The smallest absolute Gasteiger partial charge is 0.243 e. The first kappa shape index (κ1) is 11.0. The molecule has 1 N–H and O–H groups in total. The first-order valence-corrected chi connectivity index (χ1v) is 5.76. The summed E-state index contributed by atoms with van der Waals surface area (Å²) >= 11 is 0. The summed E-state index contributed by atoms with van der Waals surface area (Å²) in [4.78, 5) is 11.9. The number of nitrogens with one attached hydrogen (secondary N) is 1. The van der Waals surface area contributed by atoms with Gasteiger partial charge < -0.3 is 0 Å². The van der Waals surface area contributed by atoms with Crippen LogP contribution in [0.5, 0.6) is 0 Å². The van der Waals surface area contributed by atoms with Crippen molar-refractivity contribution >= 4 is 11.6 Å². The van der Waals surface area contributed by atoms with E-state index in [1.165, 1.54) is 5.56 Å². The van der Waals surface area contributed by atoms with Gasteiger partial charge >= 0.3 is 0 Å². The molecule has 0 aromatic heterocycles. The van der Waals surface area contributed by atoms with Crippen LogP contribution >= 0.6 is 0 Å². The maximum atomic E-state index is 11.9. The van der Waals surface area contributed by atoms with Crippen LogP contribution < -0.4 is 5.43 Å². The van der Waals surface area contributed by atoms with Gasteiger partial charge in [-0.1, -0.05) is 39.0 Å². The third-order valence-electron chi connectivity index (χ3n) is 2.96. The lowest BCUT2D eigenvalue weighted by atomic mass is 9.97. The molecule has 1 aromatic rings. The largest absolute Gasteiger partial charge is 0.296 e. The molecular weight excluding hydrogens is 200 g/mol. The fourth-order valence-corrected chi connectivity index (χ4v) is 2.05. The second kappa shape index (κ2) is 4.16. The van der Waals surface area contributed by atoms with Gasteiger partial charge in [-0.05, 0) is 11.6 Å².